The summed E-state index contributed by atoms with van der Waals surface area (Å²) in [6.45, 7) is 4.07. The maximum atomic E-state index is 11.9. The highest BCUT2D eigenvalue weighted by Crippen LogP contribution is 2.12. The molecular weight excluding hydrogens is 218 g/mol. The van der Waals surface area contributed by atoms with Crippen LogP contribution in [0.3, 0.4) is 0 Å². The van der Waals surface area contributed by atoms with Crippen molar-refractivity contribution in [3.8, 4) is 0 Å². The van der Waals surface area contributed by atoms with Crippen molar-refractivity contribution in [1.82, 2.24) is 15.5 Å². The summed E-state index contributed by atoms with van der Waals surface area (Å²) >= 11 is 0. The van der Waals surface area contributed by atoms with Gasteiger partial charge in [-0.05, 0) is 32.2 Å². The summed E-state index contributed by atoms with van der Waals surface area (Å²) in [5.74, 6) is 0.260. The molecule has 0 aromatic carbocycles. The van der Waals surface area contributed by atoms with E-state index in [9.17, 15) is 9.59 Å². The standard InChI is InChI=1S/C12H21N3O2/c1-9(16)15-7-4-10(5-8-15)14-12(17)11-3-2-6-13-11/h10-11,13H,2-8H2,1H3,(H,14,17)/t11-/m0/s1. The average Bonchev–Trinajstić information content (AvgIpc) is 2.83. The molecule has 0 aliphatic carbocycles. The second-order valence-electron chi connectivity index (χ2n) is 4.94. The minimum atomic E-state index is 0.000775. The number of amides is 2. The van der Waals surface area contributed by atoms with E-state index in [-0.39, 0.29) is 23.9 Å². The van der Waals surface area contributed by atoms with Crippen molar-refractivity contribution >= 4 is 11.8 Å². The largest absolute Gasteiger partial charge is 0.352 e. The highest BCUT2D eigenvalue weighted by molar-refractivity contribution is 5.82. The summed E-state index contributed by atoms with van der Waals surface area (Å²) in [5, 5.41) is 6.28. The molecule has 0 aromatic heterocycles. The van der Waals surface area contributed by atoms with Crippen LogP contribution in [0.2, 0.25) is 0 Å². The van der Waals surface area contributed by atoms with Crippen molar-refractivity contribution in [1.29, 1.82) is 0 Å². The third-order valence-electron chi connectivity index (χ3n) is 3.66. The first kappa shape index (κ1) is 12.4. The van der Waals surface area contributed by atoms with Crippen molar-refractivity contribution in [2.45, 2.75) is 44.7 Å². The van der Waals surface area contributed by atoms with Gasteiger partial charge in [-0.15, -0.1) is 0 Å². The molecule has 2 heterocycles. The van der Waals surface area contributed by atoms with Crippen LogP contribution in [-0.4, -0.2) is 48.4 Å². The Hall–Kier alpha value is -1.10. The molecule has 2 rings (SSSR count). The quantitative estimate of drug-likeness (QED) is 0.705. The molecule has 1 atom stereocenters. The molecule has 2 fully saturated rings. The van der Waals surface area contributed by atoms with Gasteiger partial charge in [0.05, 0.1) is 6.04 Å². The van der Waals surface area contributed by atoms with Gasteiger partial charge in [0.2, 0.25) is 11.8 Å². The molecule has 0 aromatic rings. The van der Waals surface area contributed by atoms with Crippen LogP contribution >= 0.6 is 0 Å². The molecule has 17 heavy (non-hydrogen) atoms. The fourth-order valence-electron chi connectivity index (χ4n) is 2.55. The lowest BCUT2D eigenvalue weighted by Crippen LogP contribution is -2.50. The Morgan fingerprint density at radius 2 is 1.94 bits per heavy atom. The van der Waals surface area contributed by atoms with Crippen LogP contribution in [0.25, 0.3) is 0 Å². The maximum absolute atomic E-state index is 11.9. The molecule has 0 radical (unpaired) electrons. The van der Waals surface area contributed by atoms with Crippen LogP contribution in [0, 0.1) is 0 Å². The number of nitrogens with one attached hydrogen (secondary N) is 2. The Morgan fingerprint density at radius 3 is 2.47 bits per heavy atom. The van der Waals surface area contributed by atoms with Crippen molar-refractivity contribution in [3.05, 3.63) is 0 Å². The summed E-state index contributed by atoms with van der Waals surface area (Å²) in [7, 11) is 0. The molecule has 0 saturated carbocycles. The van der Waals surface area contributed by atoms with Gasteiger partial charge in [-0.1, -0.05) is 0 Å². The molecule has 2 amide bonds. The van der Waals surface area contributed by atoms with E-state index in [4.69, 9.17) is 0 Å². The Bertz CT molecular complexity index is 292. The zero-order valence-corrected chi connectivity index (χ0v) is 10.4. The van der Waals surface area contributed by atoms with E-state index in [1.165, 1.54) is 0 Å². The first-order valence-electron chi connectivity index (χ1n) is 6.46. The number of carbonyl (C=O) groups is 2. The maximum Gasteiger partial charge on any atom is 0.237 e. The number of rotatable bonds is 2. The first-order chi connectivity index (χ1) is 8.16. The summed E-state index contributed by atoms with van der Waals surface area (Å²) in [6.07, 6.45) is 3.77. The second-order valence-corrected chi connectivity index (χ2v) is 4.94. The molecule has 96 valence electrons. The van der Waals surface area contributed by atoms with Gasteiger partial charge in [-0.3, -0.25) is 9.59 Å². The molecule has 2 aliphatic heterocycles. The minimum absolute atomic E-state index is 0.000775. The predicted octanol–water partition coefficient (Wildman–Crippen LogP) is -0.134. The van der Waals surface area contributed by atoms with E-state index in [0.717, 1.165) is 45.3 Å². The predicted molar refractivity (Wildman–Crippen MR) is 64.4 cm³/mol. The Labute approximate surface area is 102 Å². The van der Waals surface area contributed by atoms with E-state index in [2.05, 4.69) is 10.6 Å². The van der Waals surface area contributed by atoms with E-state index < -0.39 is 0 Å². The number of carbonyl (C=O) groups excluding carboxylic acids is 2. The fraction of sp³-hybridized carbons (Fsp3) is 0.833. The molecule has 0 unspecified atom stereocenters. The zero-order valence-electron chi connectivity index (χ0n) is 10.4. The third kappa shape index (κ3) is 3.19. The third-order valence-corrected chi connectivity index (χ3v) is 3.66. The summed E-state index contributed by atoms with van der Waals surface area (Å²) < 4.78 is 0. The highest BCUT2D eigenvalue weighted by Gasteiger charge is 2.26. The molecule has 2 aliphatic rings. The van der Waals surface area contributed by atoms with Crippen LogP contribution in [0.5, 0.6) is 0 Å². The number of hydrogen-bond donors (Lipinski definition) is 2. The molecule has 0 bridgehead atoms. The Morgan fingerprint density at radius 1 is 1.24 bits per heavy atom. The van der Waals surface area contributed by atoms with E-state index in [1.54, 1.807) is 6.92 Å². The van der Waals surface area contributed by atoms with Gasteiger partial charge < -0.3 is 15.5 Å². The van der Waals surface area contributed by atoms with Crippen LogP contribution in [0.15, 0.2) is 0 Å². The summed E-state index contributed by atoms with van der Waals surface area (Å²) in [4.78, 5) is 24.9. The van der Waals surface area contributed by atoms with Crippen LogP contribution in [0.4, 0.5) is 0 Å². The monoisotopic (exact) mass is 239 g/mol. The summed E-state index contributed by atoms with van der Waals surface area (Å²) in [5.41, 5.74) is 0. The fourth-order valence-corrected chi connectivity index (χ4v) is 2.55. The number of hydrogen-bond acceptors (Lipinski definition) is 3. The van der Waals surface area contributed by atoms with Crippen molar-refractivity contribution < 1.29 is 9.59 Å². The Balaban J connectivity index is 1.74. The normalized spacial score (nSPS) is 25.9. The number of likely N-dealkylation sites (tertiary alicyclic amines) is 1. The highest BCUT2D eigenvalue weighted by atomic mass is 16.2. The van der Waals surface area contributed by atoms with Crippen molar-refractivity contribution in [3.63, 3.8) is 0 Å². The molecular formula is C12H21N3O2. The van der Waals surface area contributed by atoms with Gasteiger partial charge >= 0.3 is 0 Å². The van der Waals surface area contributed by atoms with Gasteiger partial charge in [0, 0.05) is 26.1 Å². The minimum Gasteiger partial charge on any atom is -0.352 e. The zero-order chi connectivity index (χ0) is 12.3. The van der Waals surface area contributed by atoms with Gasteiger partial charge in [0.1, 0.15) is 0 Å². The first-order valence-corrected chi connectivity index (χ1v) is 6.46. The smallest absolute Gasteiger partial charge is 0.237 e. The second kappa shape index (κ2) is 5.49. The molecule has 2 saturated heterocycles. The van der Waals surface area contributed by atoms with Crippen LogP contribution in [-0.2, 0) is 9.59 Å². The van der Waals surface area contributed by atoms with Crippen LogP contribution < -0.4 is 10.6 Å². The number of piperidine rings is 1. The van der Waals surface area contributed by atoms with Gasteiger partial charge in [0.15, 0.2) is 0 Å². The lowest BCUT2D eigenvalue weighted by atomic mass is 10.0. The molecule has 0 spiro atoms. The lowest BCUT2D eigenvalue weighted by molar-refractivity contribution is -0.130. The van der Waals surface area contributed by atoms with Gasteiger partial charge in [0.25, 0.3) is 0 Å². The molecule has 5 nitrogen and oxygen atoms in total. The summed E-state index contributed by atoms with van der Waals surface area (Å²) in [6, 6.07) is 0.237. The SMILES string of the molecule is CC(=O)N1CCC(NC(=O)[C@@H]2CCCN2)CC1. The van der Waals surface area contributed by atoms with Gasteiger partial charge in [-0.2, -0.15) is 0 Å². The average molecular weight is 239 g/mol. The van der Waals surface area contributed by atoms with E-state index >= 15 is 0 Å². The molecule has 5 heteroatoms. The molecule has 2 N–H and O–H groups in total. The van der Waals surface area contributed by atoms with E-state index in [0.29, 0.717) is 0 Å². The number of nitrogens with zero attached hydrogens (tertiary/aromatic N) is 1. The van der Waals surface area contributed by atoms with Crippen molar-refractivity contribution in [2.24, 2.45) is 0 Å². The van der Waals surface area contributed by atoms with E-state index in [1.807, 2.05) is 4.90 Å². The topological polar surface area (TPSA) is 61.4 Å². The van der Waals surface area contributed by atoms with Gasteiger partial charge in [-0.25, -0.2) is 0 Å². The van der Waals surface area contributed by atoms with Crippen LogP contribution in [0.1, 0.15) is 32.6 Å². The van der Waals surface area contributed by atoms with Crippen molar-refractivity contribution in [2.75, 3.05) is 19.6 Å². The lowest BCUT2D eigenvalue weighted by Gasteiger charge is -2.32. The Kier molecular flexibility index (Phi) is 3.99.